The Morgan fingerprint density at radius 2 is 1.17 bits per heavy atom. The van der Waals surface area contributed by atoms with Crippen molar-refractivity contribution in [3.63, 3.8) is 0 Å². The van der Waals surface area contributed by atoms with E-state index in [0.717, 1.165) is 71.0 Å². The van der Waals surface area contributed by atoms with Gasteiger partial charge in [0, 0.05) is 13.2 Å². The minimum atomic E-state index is -4.35. The van der Waals surface area contributed by atoms with E-state index in [2.05, 4.69) is 32.2 Å². The molecule has 0 heterocycles. The van der Waals surface area contributed by atoms with Gasteiger partial charge in [0.25, 0.3) is 0 Å². The highest BCUT2D eigenvalue weighted by molar-refractivity contribution is 7.46. The second kappa shape index (κ2) is 15.9. The Hall–Kier alpha value is 0.220. The first-order chi connectivity index (χ1) is 13.8. The molecule has 0 spiro atoms. The summed E-state index contributed by atoms with van der Waals surface area (Å²) < 4.78 is 36.1. The van der Waals surface area contributed by atoms with Gasteiger partial charge < -0.3 is 23.9 Å². The lowest BCUT2D eigenvalue weighted by Gasteiger charge is -2.24. The number of phosphoric acid groups is 1. The summed E-state index contributed by atoms with van der Waals surface area (Å²) >= 11 is 0. The van der Waals surface area contributed by atoms with Gasteiger partial charge in [-0.05, 0) is 62.2 Å². The van der Waals surface area contributed by atoms with Crippen LogP contribution < -0.4 is 0 Å². The standard InChI is InChI=1S/C20H44O8P2/c1-19(2,13-9-17-27-29(21)22)11-5-7-15-26-16-8-6-12-20(3,4)14-10-18-28-30(23,24)25/h29H,5-18H2,1-4H3,(H,21,22)(H2,23,24,25). The summed E-state index contributed by atoms with van der Waals surface area (Å²) in [7, 11) is -7.15. The molecule has 30 heavy (non-hydrogen) atoms. The van der Waals surface area contributed by atoms with E-state index in [-0.39, 0.29) is 17.4 Å². The van der Waals surface area contributed by atoms with Crippen LogP contribution in [-0.2, 0) is 22.9 Å². The molecule has 1 unspecified atom stereocenters. The van der Waals surface area contributed by atoms with Crippen LogP contribution in [0.5, 0.6) is 0 Å². The summed E-state index contributed by atoms with van der Waals surface area (Å²) in [6.07, 6.45) is 9.67. The van der Waals surface area contributed by atoms with Crippen molar-refractivity contribution in [2.24, 2.45) is 10.8 Å². The van der Waals surface area contributed by atoms with Gasteiger partial charge in [0.05, 0.1) is 13.2 Å². The molecule has 0 saturated heterocycles. The van der Waals surface area contributed by atoms with E-state index in [9.17, 15) is 9.13 Å². The van der Waals surface area contributed by atoms with Crippen LogP contribution in [0.1, 0.15) is 91.9 Å². The van der Waals surface area contributed by atoms with Gasteiger partial charge in [0.2, 0.25) is 0 Å². The maximum atomic E-state index is 10.7. The predicted molar refractivity (Wildman–Crippen MR) is 120 cm³/mol. The van der Waals surface area contributed by atoms with E-state index in [1.165, 1.54) is 0 Å². The normalized spacial score (nSPS) is 14.2. The van der Waals surface area contributed by atoms with Crippen LogP contribution in [-0.4, -0.2) is 41.1 Å². The highest BCUT2D eigenvalue weighted by Gasteiger charge is 2.19. The van der Waals surface area contributed by atoms with Crippen LogP contribution in [0.25, 0.3) is 0 Å². The molecule has 0 bridgehead atoms. The van der Waals surface area contributed by atoms with Gasteiger partial charge in [-0.1, -0.05) is 40.5 Å². The lowest BCUT2D eigenvalue weighted by molar-refractivity contribution is 0.118. The lowest BCUT2D eigenvalue weighted by Crippen LogP contribution is -2.13. The van der Waals surface area contributed by atoms with Crippen molar-refractivity contribution in [3.8, 4) is 0 Å². The maximum Gasteiger partial charge on any atom is 0.469 e. The number of rotatable bonds is 20. The third-order valence-electron chi connectivity index (χ3n) is 5.27. The summed E-state index contributed by atoms with van der Waals surface area (Å²) in [5.74, 6) is 0. The Kier molecular flexibility index (Phi) is 16.0. The zero-order valence-corrected chi connectivity index (χ0v) is 21.1. The third-order valence-corrected chi connectivity index (χ3v) is 6.24. The number of ether oxygens (including phenoxy) is 1. The fourth-order valence-corrected chi connectivity index (χ4v) is 4.10. The Bertz CT molecular complexity index is 505. The quantitative estimate of drug-likeness (QED) is 0.157. The van der Waals surface area contributed by atoms with Crippen molar-refractivity contribution < 1.29 is 37.6 Å². The van der Waals surface area contributed by atoms with Gasteiger partial charge in [0.15, 0.2) is 0 Å². The van der Waals surface area contributed by atoms with Gasteiger partial charge >= 0.3 is 16.1 Å². The van der Waals surface area contributed by atoms with E-state index in [0.29, 0.717) is 13.0 Å². The molecule has 182 valence electrons. The minimum Gasteiger partial charge on any atom is -0.381 e. The smallest absolute Gasteiger partial charge is 0.381 e. The summed E-state index contributed by atoms with van der Waals surface area (Å²) in [6.45, 7) is 10.7. The molecule has 0 radical (unpaired) electrons. The third kappa shape index (κ3) is 21.5. The molecule has 0 fully saturated rings. The van der Waals surface area contributed by atoms with Crippen LogP contribution in [0.4, 0.5) is 0 Å². The molecular formula is C20H44O8P2. The fourth-order valence-electron chi connectivity index (χ4n) is 3.41. The number of unbranched alkanes of at least 4 members (excludes halogenated alkanes) is 2. The highest BCUT2D eigenvalue weighted by atomic mass is 31.2. The van der Waals surface area contributed by atoms with E-state index in [4.69, 9.17) is 23.9 Å². The zero-order chi connectivity index (χ0) is 23.1. The molecule has 3 N–H and O–H groups in total. The van der Waals surface area contributed by atoms with Crippen LogP contribution in [0.2, 0.25) is 0 Å². The van der Waals surface area contributed by atoms with E-state index in [1.54, 1.807) is 0 Å². The summed E-state index contributed by atoms with van der Waals surface area (Å²) in [5, 5.41) is 0. The minimum absolute atomic E-state index is 0.0891. The zero-order valence-electron chi connectivity index (χ0n) is 19.2. The lowest BCUT2D eigenvalue weighted by atomic mass is 9.83. The SMILES string of the molecule is CC(C)(CCCCOCCCCC(C)(C)CCCOP(=O)(O)O)CCCO[PH](=O)O. The average Bonchev–Trinajstić information content (AvgIpc) is 2.60. The molecule has 10 heteroatoms. The summed E-state index contributed by atoms with van der Waals surface area (Å²) in [5.41, 5.74) is 0.332. The molecule has 1 atom stereocenters. The van der Waals surface area contributed by atoms with Gasteiger partial charge in [-0.15, -0.1) is 0 Å². The van der Waals surface area contributed by atoms with Gasteiger partial charge in [-0.25, -0.2) is 4.57 Å². The molecule has 0 amide bonds. The Balaban J connectivity index is 3.59. The van der Waals surface area contributed by atoms with E-state index >= 15 is 0 Å². The summed E-state index contributed by atoms with van der Waals surface area (Å²) in [4.78, 5) is 26.0. The van der Waals surface area contributed by atoms with Crippen LogP contribution in [0.3, 0.4) is 0 Å². The monoisotopic (exact) mass is 474 g/mol. The van der Waals surface area contributed by atoms with Crippen molar-refractivity contribution in [1.29, 1.82) is 0 Å². The van der Waals surface area contributed by atoms with Gasteiger partial charge in [-0.2, -0.15) is 0 Å². The molecule has 0 aromatic rings. The molecule has 0 aliphatic carbocycles. The van der Waals surface area contributed by atoms with Crippen molar-refractivity contribution in [2.75, 3.05) is 26.4 Å². The second-order valence-corrected chi connectivity index (χ2v) is 11.6. The molecular weight excluding hydrogens is 430 g/mol. The number of phosphoric ester groups is 1. The fraction of sp³-hybridized carbons (Fsp3) is 1.00. The van der Waals surface area contributed by atoms with Crippen molar-refractivity contribution in [2.45, 2.75) is 91.9 Å². The second-order valence-electron chi connectivity index (χ2n) is 9.50. The van der Waals surface area contributed by atoms with Crippen molar-refractivity contribution >= 4 is 16.1 Å². The Morgan fingerprint density at radius 1 is 0.733 bits per heavy atom. The topological polar surface area (TPSA) is 123 Å². The first kappa shape index (κ1) is 30.2. The molecule has 0 aromatic heterocycles. The molecule has 0 aliphatic heterocycles. The number of hydrogen-bond donors (Lipinski definition) is 3. The molecule has 8 nitrogen and oxygen atoms in total. The molecule has 0 rings (SSSR count). The first-order valence-electron chi connectivity index (χ1n) is 11.0. The highest BCUT2D eigenvalue weighted by Crippen LogP contribution is 2.37. The summed E-state index contributed by atoms with van der Waals surface area (Å²) in [6, 6.07) is 0. The van der Waals surface area contributed by atoms with Crippen molar-refractivity contribution in [1.82, 2.24) is 0 Å². The first-order valence-corrected chi connectivity index (χ1v) is 13.8. The molecule has 0 saturated carbocycles. The van der Waals surface area contributed by atoms with Crippen LogP contribution in [0.15, 0.2) is 0 Å². The molecule has 0 aromatic carbocycles. The van der Waals surface area contributed by atoms with Crippen LogP contribution >= 0.6 is 16.1 Å². The predicted octanol–water partition coefficient (Wildman–Crippen LogP) is 5.46. The number of hydrogen-bond acceptors (Lipinski definition) is 5. The Morgan fingerprint density at radius 3 is 1.60 bits per heavy atom. The van der Waals surface area contributed by atoms with Crippen LogP contribution in [0, 0.1) is 10.8 Å². The van der Waals surface area contributed by atoms with Gasteiger partial charge in [0.1, 0.15) is 0 Å². The Labute approximate surface area is 183 Å². The van der Waals surface area contributed by atoms with E-state index in [1.807, 2.05) is 0 Å². The average molecular weight is 475 g/mol. The maximum absolute atomic E-state index is 10.7. The van der Waals surface area contributed by atoms with Gasteiger partial charge in [-0.3, -0.25) is 9.09 Å². The van der Waals surface area contributed by atoms with E-state index < -0.39 is 16.1 Å². The molecule has 0 aliphatic rings. The largest absolute Gasteiger partial charge is 0.469 e. The van der Waals surface area contributed by atoms with Crippen molar-refractivity contribution in [3.05, 3.63) is 0 Å².